The fraction of sp³-hybridized carbons (Fsp3) is 0.917. The Bertz CT molecular complexity index is 205. The zero-order chi connectivity index (χ0) is 10.5. The molecule has 0 saturated heterocycles. The molecule has 2 saturated carbocycles. The van der Waals surface area contributed by atoms with Gasteiger partial charge in [-0.25, -0.2) is 4.79 Å². The van der Waals surface area contributed by atoms with Crippen molar-refractivity contribution in [1.82, 2.24) is 0 Å². The van der Waals surface area contributed by atoms with Crippen LogP contribution in [0.4, 0.5) is 0 Å². The zero-order valence-corrected chi connectivity index (χ0v) is 9.24. The molecular formula is C12H20O3. The predicted molar refractivity (Wildman–Crippen MR) is 56.5 cm³/mol. The smallest absolute Gasteiger partial charge is 0.332 e. The van der Waals surface area contributed by atoms with E-state index >= 15 is 0 Å². The van der Waals surface area contributed by atoms with Crippen LogP contribution in [0, 0.1) is 5.92 Å². The molecule has 0 aromatic carbocycles. The summed E-state index contributed by atoms with van der Waals surface area (Å²) < 4.78 is 10.6. The SMILES string of the molecule is O=C(COCC1CC1)OC1CCCCC1. The van der Waals surface area contributed by atoms with Gasteiger partial charge in [0.25, 0.3) is 0 Å². The fourth-order valence-corrected chi connectivity index (χ4v) is 2.00. The van der Waals surface area contributed by atoms with Gasteiger partial charge in [-0.1, -0.05) is 6.42 Å². The van der Waals surface area contributed by atoms with Crippen LogP contribution in [0.1, 0.15) is 44.9 Å². The highest BCUT2D eigenvalue weighted by Crippen LogP contribution is 2.28. The number of carbonyl (C=O) groups is 1. The van der Waals surface area contributed by atoms with Crippen molar-refractivity contribution in [1.29, 1.82) is 0 Å². The normalized spacial score (nSPS) is 22.7. The molecule has 0 unspecified atom stereocenters. The van der Waals surface area contributed by atoms with E-state index in [1.165, 1.54) is 32.1 Å². The van der Waals surface area contributed by atoms with Crippen LogP contribution in [0.3, 0.4) is 0 Å². The summed E-state index contributed by atoms with van der Waals surface area (Å²) in [6.07, 6.45) is 8.43. The molecule has 0 radical (unpaired) electrons. The average Bonchev–Trinajstić information content (AvgIpc) is 3.03. The summed E-state index contributed by atoms with van der Waals surface area (Å²) in [4.78, 5) is 11.4. The number of ether oxygens (including phenoxy) is 2. The van der Waals surface area contributed by atoms with Gasteiger partial charge >= 0.3 is 5.97 Å². The van der Waals surface area contributed by atoms with Crippen molar-refractivity contribution in [2.75, 3.05) is 13.2 Å². The lowest BCUT2D eigenvalue weighted by Gasteiger charge is -2.21. The maximum atomic E-state index is 11.4. The predicted octanol–water partition coefficient (Wildman–Crippen LogP) is 2.29. The average molecular weight is 212 g/mol. The number of hydrogen-bond donors (Lipinski definition) is 0. The third-order valence-electron chi connectivity index (χ3n) is 3.12. The van der Waals surface area contributed by atoms with Crippen molar-refractivity contribution < 1.29 is 14.3 Å². The molecule has 0 atom stereocenters. The van der Waals surface area contributed by atoms with Crippen LogP contribution in [-0.2, 0) is 14.3 Å². The second-order valence-corrected chi connectivity index (χ2v) is 4.71. The van der Waals surface area contributed by atoms with Crippen molar-refractivity contribution in [2.24, 2.45) is 5.92 Å². The third-order valence-corrected chi connectivity index (χ3v) is 3.12. The summed E-state index contributed by atoms with van der Waals surface area (Å²) in [6.45, 7) is 0.882. The molecule has 2 rings (SSSR count). The molecule has 3 heteroatoms. The van der Waals surface area contributed by atoms with E-state index in [1.807, 2.05) is 0 Å². The second-order valence-electron chi connectivity index (χ2n) is 4.71. The lowest BCUT2D eigenvalue weighted by molar-refractivity contribution is -0.156. The van der Waals surface area contributed by atoms with E-state index in [-0.39, 0.29) is 18.7 Å². The molecule has 0 aliphatic heterocycles. The Morgan fingerprint density at radius 3 is 2.47 bits per heavy atom. The first kappa shape index (κ1) is 10.9. The van der Waals surface area contributed by atoms with Crippen molar-refractivity contribution in [3.05, 3.63) is 0 Å². The fourth-order valence-electron chi connectivity index (χ4n) is 2.00. The molecule has 2 fully saturated rings. The molecule has 3 nitrogen and oxygen atoms in total. The first-order chi connectivity index (χ1) is 7.34. The van der Waals surface area contributed by atoms with Crippen LogP contribution in [-0.4, -0.2) is 25.3 Å². The molecule has 0 spiro atoms. The van der Waals surface area contributed by atoms with E-state index in [2.05, 4.69) is 0 Å². The monoisotopic (exact) mass is 212 g/mol. The summed E-state index contributed by atoms with van der Waals surface area (Å²) in [5.74, 6) is 0.537. The second kappa shape index (κ2) is 5.50. The van der Waals surface area contributed by atoms with Gasteiger partial charge in [-0.05, 0) is 44.4 Å². The van der Waals surface area contributed by atoms with Crippen LogP contribution in [0.15, 0.2) is 0 Å². The van der Waals surface area contributed by atoms with Crippen molar-refractivity contribution >= 4 is 5.97 Å². The van der Waals surface area contributed by atoms with Crippen LogP contribution in [0.5, 0.6) is 0 Å². The molecule has 86 valence electrons. The van der Waals surface area contributed by atoms with Crippen molar-refractivity contribution in [3.8, 4) is 0 Å². The minimum absolute atomic E-state index is 0.146. The Morgan fingerprint density at radius 2 is 1.80 bits per heavy atom. The molecule has 2 aliphatic carbocycles. The van der Waals surface area contributed by atoms with Gasteiger partial charge in [0.05, 0.1) is 6.61 Å². The summed E-state index contributed by atoms with van der Waals surface area (Å²) in [7, 11) is 0. The Morgan fingerprint density at radius 1 is 1.07 bits per heavy atom. The minimum atomic E-state index is -0.178. The van der Waals surface area contributed by atoms with E-state index in [1.54, 1.807) is 0 Å². The molecule has 0 aromatic rings. The maximum absolute atomic E-state index is 11.4. The molecule has 0 heterocycles. The highest BCUT2D eigenvalue weighted by atomic mass is 16.6. The van der Waals surface area contributed by atoms with Crippen molar-refractivity contribution in [2.45, 2.75) is 51.0 Å². The molecule has 0 amide bonds. The Labute approximate surface area is 91.1 Å². The Hall–Kier alpha value is -0.570. The van der Waals surface area contributed by atoms with Gasteiger partial charge in [-0.2, -0.15) is 0 Å². The molecule has 0 bridgehead atoms. The van der Waals surface area contributed by atoms with Gasteiger partial charge < -0.3 is 9.47 Å². The summed E-state index contributed by atoms with van der Waals surface area (Å²) in [5.41, 5.74) is 0. The number of esters is 1. The standard InChI is InChI=1S/C12H20O3/c13-12(9-14-8-10-6-7-10)15-11-4-2-1-3-5-11/h10-11H,1-9H2. The zero-order valence-electron chi connectivity index (χ0n) is 9.24. The lowest BCUT2D eigenvalue weighted by Crippen LogP contribution is -2.23. The van der Waals surface area contributed by atoms with E-state index in [4.69, 9.17) is 9.47 Å². The molecular weight excluding hydrogens is 192 g/mol. The van der Waals surface area contributed by atoms with E-state index < -0.39 is 0 Å². The third kappa shape index (κ3) is 4.20. The Kier molecular flexibility index (Phi) is 4.01. The van der Waals surface area contributed by atoms with Gasteiger partial charge in [0, 0.05) is 0 Å². The highest BCUT2D eigenvalue weighted by Gasteiger charge is 2.22. The molecule has 0 aromatic heterocycles. The van der Waals surface area contributed by atoms with Crippen molar-refractivity contribution in [3.63, 3.8) is 0 Å². The molecule has 15 heavy (non-hydrogen) atoms. The number of hydrogen-bond acceptors (Lipinski definition) is 3. The maximum Gasteiger partial charge on any atom is 0.332 e. The first-order valence-corrected chi connectivity index (χ1v) is 6.12. The lowest BCUT2D eigenvalue weighted by atomic mass is 9.98. The summed E-state index contributed by atoms with van der Waals surface area (Å²) in [5, 5.41) is 0. The van der Waals surface area contributed by atoms with Gasteiger partial charge in [-0.3, -0.25) is 0 Å². The van der Waals surface area contributed by atoms with Gasteiger partial charge in [0.1, 0.15) is 12.7 Å². The van der Waals surface area contributed by atoms with E-state index in [0.29, 0.717) is 5.92 Å². The minimum Gasteiger partial charge on any atom is -0.461 e. The van der Waals surface area contributed by atoms with Crippen LogP contribution in [0.2, 0.25) is 0 Å². The number of carbonyl (C=O) groups excluding carboxylic acids is 1. The van der Waals surface area contributed by atoms with E-state index in [9.17, 15) is 4.79 Å². The van der Waals surface area contributed by atoms with Crippen LogP contribution in [0.25, 0.3) is 0 Å². The highest BCUT2D eigenvalue weighted by molar-refractivity contribution is 5.70. The van der Waals surface area contributed by atoms with Gasteiger partial charge in [0.2, 0.25) is 0 Å². The van der Waals surface area contributed by atoms with E-state index in [0.717, 1.165) is 19.4 Å². The first-order valence-electron chi connectivity index (χ1n) is 6.12. The quantitative estimate of drug-likeness (QED) is 0.656. The summed E-state index contributed by atoms with van der Waals surface area (Å²) in [6, 6.07) is 0. The topological polar surface area (TPSA) is 35.5 Å². The number of rotatable bonds is 5. The Balaban J connectivity index is 1.54. The van der Waals surface area contributed by atoms with Crippen LogP contribution < -0.4 is 0 Å². The van der Waals surface area contributed by atoms with Gasteiger partial charge in [-0.15, -0.1) is 0 Å². The molecule has 0 N–H and O–H groups in total. The summed E-state index contributed by atoms with van der Waals surface area (Å²) >= 11 is 0. The largest absolute Gasteiger partial charge is 0.461 e. The molecule has 2 aliphatic rings. The van der Waals surface area contributed by atoms with Crippen LogP contribution >= 0.6 is 0 Å². The van der Waals surface area contributed by atoms with Gasteiger partial charge in [0.15, 0.2) is 0 Å².